The van der Waals surface area contributed by atoms with E-state index in [1.54, 1.807) is 31.2 Å². The van der Waals surface area contributed by atoms with Crippen LogP contribution in [0.3, 0.4) is 0 Å². The molecule has 2 rings (SSSR count). The summed E-state index contributed by atoms with van der Waals surface area (Å²) >= 11 is 7.23. The minimum absolute atomic E-state index is 0.0332. The molecule has 0 fully saturated rings. The molecule has 0 spiro atoms. The predicted octanol–water partition coefficient (Wildman–Crippen LogP) is 3.67. The number of aryl methyl sites for hydroxylation is 1. The molecule has 134 valence electrons. The van der Waals surface area contributed by atoms with E-state index in [4.69, 9.17) is 16.7 Å². The van der Waals surface area contributed by atoms with Crippen molar-refractivity contribution in [2.24, 2.45) is 5.14 Å². The molecule has 3 N–H and O–H groups in total. The Morgan fingerprint density at radius 2 is 1.88 bits per heavy atom. The van der Waals surface area contributed by atoms with Crippen LogP contribution in [0.5, 0.6) is 0 Å². The summed E-state index contributed by atoms with van der Waals surface area (Å²) in [5.41, 5.74) is 1.01. The molecule has 0 radical (unpaired) electrons. The highest BCUT2D eigenvalue weighted by Gasteiger charge is 2.17. The Balaban J connectivity index is 2.13. The van der Waals surface area contributed by atoms with Gasteiger partial charge in [0.05, 0.1) is 10.1 Å². The van der Waals surface area contributed by atoms with Crippen molar-refractivity contribution in [2.75, 3.05) is 5.32 Å². The van der Waals surface area contributed by atoms with E-state index in [1.807, 2.05) is 19.1 Å². The Labute approximate surface area is 157 Å². The zero-order chi connectivity index (χ0) is 18.6. The van der Waals surface area contributed by atoms with Gasteiger partial charge in [-0.3, -0.25) is 4.79 Å². The van der Waals surface area contributed by atoms with E-state index >= 15 is 0 Å². The third kappa shape index (κ3) is 5.47. The lowest BCUT2D eigenvalue weighted by Crippen LogP contribution is -2.23. The molecule has 1 amide bonds. The molecule has 0 heterocycles. The Morgan fingerprint density at radius 3 is 2.44 bits per heavy atom. The van der Waals surface area contributed by atoms with E-state index in [9.17, 15) is 13.2 Å². The average molecular weight is 399 g/mol. The first kappa shape index (κ1) is 19.8. The number of hydrogen-bond acceptors (Lipinski definition) is 4. The Kier molecular flexibility index (Phi) is 6.51. The van der Waals surface area contributed by atoms with Crippen LogP contribution in [0, 0.1) is 0 Å². The van der Waals surface area contributed by atoms with Gasteiger partial charge in [-0.05, 0) is 55.3 Å². The van der Waals surface area contributed by atoms with Gasteiger partial charge >= 0.3 is 0 Å². The number of hydrogen-bond donors (Lipinski definition) is 2. The minimum Gasteiger partial charge on any atom is -0.325 e. The highest BCUT2D eigenvalue weighted by atomic mass is 35.5. The van der Waals surface area contributed by atoms with Gasteiger partial charge in [-0.15, -0.1) is 11.8 Å². The maximum Gasteiger partial charge on any atom is 0.238 e. The number of amides is 1. The zero-order valence-electron chi connectivity index (χ0n) is 13.8. The van der Waals surface area contributed by atoms with Crippen LogP contribution in [-0.2, 0) is 21.2 Å². The highest BCUT2D eigenvalue weighted by Crippen LogP contribution is 2.26. The largest absolute Gasteiger partial charge is 0.325 e. The van der Waals surface area contributed by atoms with E-state index in [-0.39, 0.29) is 16.1 Å². The second-order valence-corrected chi connectivity index (χ2v) is 8.80. The number of carbonyl (C=O) groups is 1. The smallest absolute Gasteiger partial charge is 0.238 e. The molecule has 1 unspecified atom stereocenters. The fourth-order valence-electron chi connectivity index (χ4n) is 2.20. The number of thioether (sulfide) groups is 1. The number of halogens is 1. The maximum absolute atomic E-state index is 12.4. The van der Waals surface area contributed by atoms with E-state index in [2.05, 4.69) is 5.32 Å². The van der Waals surface area contributed by atoms with Crippen LogP contribution in [0.4, 0.5) is 5.69 Å². The lowest BCUT2D eigenvalue weighted by atomic mass is 10.1. The van der Waals surface area contributed by atoms with Crippen molar-refractivity contribution in [3.63, 3.8) is 0 Å². The van der Waals surface area contributed by atoms with Crippen LogP contribution in [0.2, 0.25) is 5.02 Å². The van der Waals surface area contributed by atoms with Gasteiger partial charge in [0.15, 0.2) is 0 Å². The van der Waals surface area contributed by atoms with Crippen molar-refractivity contribution in [1.82, 2.24) is 0 Å². The predicted molar refractivity (Wildman–Crippen MR) is 103 cm³/mol. The molecule has 8 heteroatoms. The van der Waals surface area contributed by atoms with Crippen LogP contribution >= 0.6 is 23.4 Å². The monoisotopic (exact) mass is 398 g/mol. The molecule has 2 aromatic carbocycles. The molecule has 0 aliphatic rings. The second kappa shape index (κ2) is 8.23. The SMILES string of the molecule is CCc1ccc(NC(=O)C(C)Sc2ccc(Cl)cc2)cc1S(N)(=O)=O. The van der Waals surface area contributed by atoms with Crippen LogP contribution in [0.1, 0.15) is 19.4 Å². The van der Waals surface area contributed by atoms with Crippen molar-refractivity contribution in [1.29, 1.82) is 0 Å². The molecule has 0 aliphatic carbocycles. The second-order valence-electron chi connectivity index (χ2n) is 5.42. The standard InChI is InChI=1S/C17H19ClN2O3S2/c1-3-12-4-7-14(10-16(12)25(19,22)23)20-17(21)11(2)24-15-8-5-13(18)6-9-15/h4-11H,3H2,1-2H3,(H,20,21)(H2,19,22,23). The zero-order valence-corrected chi connectivity index (χ0v) is 16.2. The normalized spacial score (nSPS) is 12.6. The number of anilines is 1. The van der Waals surface area contributed by atoms with Gasteiger partial charge in [0.25, 0.3) is 0 Å². The molecule has 0 aliphatic heterocycles. The number of carbonyl (C=O) groups excluding carboxylic acids is 1. The third-order valence-corrected chi connectivity index (χ3v) is 5.87. The summed E-state index contributed by atoms with van der Waals surface area (Å²) in [6.07, 6.45) is 0.531. The Bertz CT molecular complexity index is 868. The summed E-state index contributed by atoms with van der Waals surface area (Å²) in [6, 6.07) is 11.9. The number of nitrogens with one attached hydrogen (secondary N) is 1. The van der Waals surface area contributed by atoms with Crippen molar-refractivity contribution in [2.45, 2.75) is 35.3 Å². The van der Waals surface area contributed by atoms with E-state index in [0.29, 0.717) is 22.7 Å². The van der Waals surface area contributed by atoms with Crippen LogP contribution < -0.4 is 10.5 Å². The van der Waals surface area contributed by atoms with Crippen molar-refractivity contribution in [3.8, 4) is 0 Å². The number of benzene rings is 2. The minimum atomic E-state index is -3.85. The van der Waals surface area contributed by atoms with Crippen molar-refractivity contribution in [3.05, 3.63) is 53.1 Å². The average Bonchev–Trinajstić information content (AvgIpc) is 2.56. The lowest BCUT2D eigenvalue weighted by molar-refractivity contribution is -0.115. The van der Waals surface area contributed by atoms with Gasteiger partial charge in [-0.25, -0.2) is 13.6 Å². The van der Waals surface area contributed by atoms with Crippen molar-refractivity contribution < 1.29 is 13.2 Å². The van der Waals surface area contributed by atoms with Gasteiger partial charge in [-0.2, -0.15) is 0 Å². The summed E-state index contributed by atoms with van der Waals surface area (Å²) in [4.78, 5) is 13.3. The highest BCUT2D eigenvalue weighted by molar-refractivity contribution is 8.00. The summed E-state index contributed by atoms with van der Waals surface area (Å²) in [5, 5.41) is 8.24. The topological polar surface area (TPSA) is 89.3 Å². The first-order valence-corrected chi connectivity index (χ1v) is 10.4. The molecule has 25 heavy (non-hydrogen) atoms. The molecule has 5 nitrogen and oxygen atoms in total. The number of sulfonamides is 1. The molecule has 0 saturated carbocycles. The molecular weight excluding hydrogens is 380 g/mol. The van der Waals surface area contributed by atoms with Gasteiger partial charge in [-0.1, -0.05) is 24.6 Å². The first-order valence-electron chi connectivity index (χ1n) is 7.59. The summed E-state index contributed by atoms with van der Waals surface area (Å²) in [5.74, 6) is -0.232. The van der Waals surface area contributed by atoms with Crippen LogP contribution in [0.25, 0.3) is 0 Å². The number of primary sulfonamides is 1. The molecular formula is C17H19ClN2O3S2. The quantitative estimate of drug-likeness (QED) is 0.726. The van der Waals surface area contributed by atoms with Gasteiger partial charge < -0.3 is 5.32 Å². The van der Waals surface area contributed by atoms with E-state index in [1.165, 1.54) is 17.8 Å². The van der Waals surface area contributed by atoms with Crippen molar-refractivity contribution >= 4 is 45.0 Å². The molecule has 0 bridgehead atoms. The molecule has 2 aromatic rings. The summed E-state index contributed by atoms with van der Waals surface area (Å²) in [6.45, 7) is 3.61. The maximum atomic E-state index is 12.4. The molecule has 1 atom stereocenters. The number of nitrogens with two attached hydrogens (primary N) is 1. The van der Waals surface area contributed by atoms with E-state index < -0.39 is 10.0 Å². The molecule has 0 aromatic heterocycles. The van der Waals surface area contributed by atoms with Gasteiger partial charge in [0.2, 0.25) is 15.9 Å². The fraction of sp³-hybridized carbons (Fsp3) is 0.235. The number of rotatable bonds is 6. The Hall–Kier alpha value is -1.54. The van der Waals surface area contributed by atoms with Crippen LogP contribution in [0.15, 0.2) is 52.3 Å². The van der Waals surface area contributed by atoms with Gasteiger partial charge in [0, 0.05) is 15.6 Å². The summed E-state index contributed by atoms with van der Waals surface area (Å²) in [7, 11) is -3.85. The lowest BCUT2D eigenvalue weighted by Gasteiger charge is -2.14. The molecule has 0 saturated heterocycles. The Morgan fingerprint density at radius 1 is 1.24 bits per heavy atom. The van der Waals surface area contributed by atoms with Gasteiger partial charge in [0.1, 0.15) is 0 Å². The first-order chi connectivity index (χ1) is 11.7. The van der Waals surface area contributed by atoms with Crippen LogP contribution in [-0.4, -0.2) is 19.6 Å². The fourth-order valence-corrected chi connectivity index (χ4v) is 4.07. The third-order valence-electron chi connectivity index (χ3n) is 3.52. The summed E-state index contributed by atoms with van der Waals surface area (Å²) < 4.78 is 23.4. The van der Waals surface area contributed by atoms with E-state index in [0.717, 1.165) is 4.90 Å².